The number of rotatable bonds is 3. The average molecular weight is 369 g/mol. The Bertz CT molecular complexity index is 888. The molecule has 1 aliphatic rings. The Balaban J connectivity index is 1.72. The first-order valence-electron chi connectivity index (χ1n) is 7.54. The maximum Gasteiger partial charge on any atom is 0.343 e. The molecular weight excluding hydrogens is 354 g/mol. The monoisotopic (exact) mass is 369 g/mol. The number of thiocarbonyl (C=S) groups is 1. The van der Waals surface area contributed by atoms with Crippen molar-refractivity contribution in [2.45, 2.75) is 6.92 Å². The highest BCUT2D eigenvalue weighted by Crippen LogP contribution is 2.31. The Hall–Kier alpha value is -2.44. The van der Waals surface area contributed by atoms with Crippen LogP contribution >= 0.6 is 24.0 Å². The summed E-state index contributed by atoms with van der Waals surface area (Å²) in [6, 6.07) is 14.2. The Kier molecular flexibility index (Phi) is 5.01. The van der Waals surface area contributed by atoms with Crippen LogP contribution in [0.25, 0.3) is 6.08 Å². The van der Waals surface area contributed by atoms with E-state index in [4.69, 9.17) is 17.0 Å². The lowest BCUT2D eigenvalue weighted by Gasteiger charge is -2.05. The summed E-state index contributed by atoms with van der Waals surface area (Å²) < 4.78 is 5.92. The Morgan fingerprint density at radius 3 is 2.52 bits per heavy atom. The maximum atomic E-state index is 12.1. The number of hydrogen-bond donors (Lipinski definition) is 0. The molecule has 2 aromatic carbocycles. The summed E-state index contributed by atoms with van der Waals surface area (Å²) in [4.78, 5) is 26.2. The molecule has 0 bridgehead atoms. The lowest BCUT2D eigenvalue weighted by atomic mass is 10.1. The molecule has 0 unspecified atom stereocenters. The van der Waals surface area contributed by atoms with Crippen LogP contribution in [-0.4, -0.2) is 28.1 Å². The Morgan fingerprint density at radius 1 is 1.20 bits per heavy atom. The molecule has 1 amide bonds. The largest absolute Gasteiger partial charge is 0.423 e. The van der Waals surface area contributed by atoms with Crippen LogP contribution < -0.4 is 4.74 Å². The molecule has 126 valence electrons. The van der Waals surface area contributed by atoms with Crippen molar-refractivity contribution in [3.8, 4) is 5.75 Å². The molecule has 0 aliphatic carbocycles. The van der Waals surface area contributed by atoms with Gasteiger partial charge in [-0.3, -0.25) is 9.69 Å². The van der Waals surface area contributed by atoms with Gasteiger partial charge in [0.15, 0.2) is 0 Å². The molecule has 0 atom stereocenters. The highest BCUT2D eigenvalue weighted by Gasteiger charge is 2.28. The van der Waals surface area contributed by atoms with E-state index in [2.05, 4.69) is 0 Å². The van der Waals surface area contributed by atoms with Crippen molar-refractivity contribution in [1.29, 1.82) is 0 Å². The molecule has 0 spiro atoms. The van der Waals surface area contributed by atoms with Gasteiger partial charge >= 0.3 is 5.97 Å². The molecular formula is C19H15NO3S2. The van der Waals surface area contributed by atoms with Crippen molar-refractivity contribution in [1.82, 2.24) is 4.90 Å². The second-order valence-corrected chi connectivity index (χ2v) is 7.24. The first kappa shape index (κ1) is 17.4. The predicted octanol–water partition coefficient (Wildman–Crippen LogP) is 4.05. The zero-order valence-corrected chi connectivity index (χ0v) is 15.3. The number of hydrogen-bond acceptors (Lipinski definition) is 5. The van der Waals surface area contributed by atoms with Gasteiger partial charge < -0.3 is 4.74 Å². The lowest BCUT2D eigenvalue weighted by molar-refractivity contribution is -0.121. The van der Waals surface area contributed by atoms with Gasteiger partial charge in [0.1, 0.15) is 10.1 Å². The number of benzene rings is 2. The lowest BCUT2D eigenvalue weighted by Crippen LogP contribution is -2.22. The van der Waals surface area contributed by atoms with Gasteiger partial charge in [-0.2, -0.15) is 0 Å². The minimum atomic E-state index is -0.400. The molecule has 1 saturated heterocycles. The summed E-state index contributed by atoms with van der Waals surface area (Å²) in [7, 11) is 1.66. The fraction of sp³-hybridized carbons (Fsp3) is 0.105. The van der Waals surface area contributed by atoms with Crippen molar-refractivity contribution in [2.24, 2.45) is 0 Å². The van der Waals surface area contributed by atoms with E-state index in [1.54, 1.807) is 49.5 Å². The van der Waals surface area contributed by atoms with E-state index in [1.165, 1.54) is 16.7 Å². The fourth-order valence-corrected chi connectivity index (χ4v) is 3.45. The van der Waals surface area contributed by atoms with Crippen LogP contribution in [0.3, 0.4) is 0 Å². The van der Waals surface area contributed by atoms with Crippen LogP contribution in [0, 0.1) is 6.92 Å². The summed E-state index contributed by atoms with van der Waals surface area (Å²) in [5.41, 5.74) is 2.35. The standard InChI is InChI=1S/C19H15NO3S2/c1-12-4-3-5-14(10-12)18(22)23-15-8-6-13(7-9-15)11-16-17(21)20(2)19(24)25-16/h3-11H,1-2H3/b16-11+. The third-order valence-corrected chi connectivity index (χ3v) is 5.11. The van der Waals surface area contributed by atoms with Crippen molar-refractivity contribution in [2.75, 3.05) is 7.05 Å². The molecule has 4 nitrogen and oxygen atoms in total. The summed E-state index contributed by atoms with van der Waals surface area (Å²) in [5.74, 6) is -0.0556. The molecule has 2 aromatic rings. The van der Waals surface area contributed by atoms with E-state index in [9.17, 15) is 9.59 Å². The maximum absolute atomic E-state index is 12.1. The number of esters is 1. The molecule has 1 heterocycles. The first-order chi connectivity index (χ1) is 11.9. The zero-order chi connectivity index (χ0) is 18.0. The molecule has 25 heavy (non-hydrogen) atoms. The predicted molar refractivity (Wildman–Crippen MR) is 104 cm³/mol. The number of likely N-dealkylation sites (N-methyl/N-ethyl adjacent to an activating group) is 1. The molecule has 0 N–H and O–H groups in total. The summed E-state index contributed by atoms with van der Waals surface area (Å²) >= 11 is 6.38. The molecule has 1 aliphatic heterocycles. The van der Waals surface area contributed by atoms with Crippen LogP contribution in [-0.2, 0) is 4.79 Å². The molecule has 3 rings (SSSR count). The van der Waals surface area contributed by atoms with E-state index >= 15 is 0 Å². The number of thioether (sulfide) groups is 1. The van der Waals surface area contributed by atoms with Crippen molar-refractivity contribution >= 4 is 46.3 Å². The number of carbonyl (C=O) groups is 2. The van der Waals surface area contributed by atoms with Crippen molar-refractivity contribution in [3.05, 3.63) is 70.1 Å². The van der Waals surface area contributed by atoms with E-state index in [0.717, 1.165) is 11.1 Å². The van der Waals surface area contributed by atoms with E-state index in [0.29, 0.717) is 20.5 Å². The van der Waals surface area contributed by atoms with Gasteiger partial charge in [0.05, 0.1) is 10.5 Å². The van der Waals surface area contributed by atoms with Crippen LogP contribution in [0.15, 0.2) is 53.4 Å². The van der Waals surface area contributed by atoms with E-state index < -0.39 is 5.97 Å². The van der Waals surface area contributed by atoms with Crippen LogP contribution in [0.4, 0.5) is 0 Å². The molecule has 0 radical (unpaired) electrons. The number of aryl methyl sites for hydroxylation is 1. The van der Waals surface area contributed by atoms with Gasteiger partial charge in [0.25, 0.3) is 5.91 Å². The van der Waals surface area contributed by atoms with Gasteiger partial charge in [-0.15, -0.1) is 0 Å². The van der Waals surface area contributed by atoms with Gasteiger partial charge in [-0.05, 0) is 42.8 Å². The summed E-state index contributed by atoms with van der Waals surface area (Å²) in [6.45, 7) is 1.92. The van der Waals surface area contributed by atoms with Crippen LogP contribution in [0.1, 0.15) is 21.5 Å². The third kappa shape index (κ3) is 3.97. The van der Waals surface area contributed by atoms with Crippen LogP contribution in [0.5, 0.6) is 5.75 Å². The number of carbonyl (C=O) groups excluding carboxylic acids is 2. The molecule has 0 aromatic heterocycles. The number of amides is 1. The first-order valence-corrected chi connectivity index (χ1v) is 8.77. The second kappa shape index (κ2) is 7.21. The second-order valence-electron chi connectivity index (χ2n) is 5.57. The molecule has 0 saturated carbocycles. The quantitative estimate of drug-likeness (QED) is 0.354. The third-order valence-electron chi connectivity index (χ3n) is 3.63. The molecule has 6 heteroatoms. The fourth-order valence-electron chi connectivity index (χ4n) is 2.27. The topological polar surface area (TPSA) is 46.6 Å². The number of nitrogens with zero attached hydrogens (tertiary/aromatic N) is 1. The van der Waals surface area contributed by atoms with E-state index in [-0.39, 0.29) is 5.91 Å². The summed E-state index contributed by atoms with van der Waals surface area (Å²) in [5, 5.41) is 0. The SMILES string of the molecule is Cc1cccc(C(=O)Oc2ccc(/C=C3/SC(=S)N(C)C3=O)cc2)c1. The minimum absolute atomic E-state index is 0.107. The number of ether oxygens (including phenoxy) is 1. The van der Waals surface area contributed by atoms with Crippen molar-refractivity contribution in [3.63, 3.8) is 0 Å². The highest BCUT2D eigenvalue weighted by atomic mass is 32.2. The van der Waals surface area contributed by atoms with Gasteiger partial charge in [-0.1, -0.05) is 53.8 Å². The van der Waals surface area contributed by atoms with E-state index in [1.807, 2.05) is 19.1 Å². The zero-order valence-electron chi connectivity index (χ0n) is 13.7. The average Bonchev–Trinajstić information content (AvgIpc) is 2.83. The normalized spacial score (nSPS) is 15.8. The summed E-state index contributed by atoms with van der Waals surface area (Å²) in [6.07, 6.45) is 1.77. The van der Waals surface area contributed by atoms with Gasteiger partial charge in [-0.25, -0.2) is 4.79 Å². The highest BCUT2D eigenvalue weighted by molar-refractivity contribution is 8.26. The Morgan fingerprint density at radius 2 is 1.92 bits per heavy atom. The minimum Gasteiger partial charge on any atom is -0.423 e. The van der Waals surface area contributed by atoms with Crippen molar-refractivity contribution < 1.29 is 14.3 Å². The molecule has 1 fully saturated rings. The van der Waals surface area contributed by atoms with Crippen LogP contribution in [0.2, 0.25) is 0 Å². The van der Waals surface area contributed by atoms with Gasteiger partial charge in [0, 0.05) is 7.05 Å². The Labute approximate surface area is 155 Å². The van der Waals surface area contributed by atoms with Gasteiger partial charge in [0.2, 0.25) is 0 Å². The smallest absolute Gasteiger partial charge is 0.343 e.